The molecule has 1 fully saturated rings. The second kappa shape index (κ2) is 5.53. The normalized spacial score (nSPS) is 27.7. The van der Waals surface area contributed by atoms with Gasteiger partial charge in [-0.05, 0) is 19.8 Å². The molecule has 1 rings (SSSR count). The predicted molar refractivity (Wildman–Crippen MR) is 61.5 cm³/mol. The maximum atomic E-state index is 10.2. The Morgan fingerprint density at radius 2 is 2.00 bits per heavy atom. The van der Waals surface area contributed by atoms with E-state index in [1.807, 2.05) is 13.8 Å². The molecule has 1 N–H and O–H groups in total. The highest BCUT2D eigenvalue weighted by atomic mass is 16.6. The first-order valence-electron chi connectivity index (χ1n) is 6.02. The van der Waals surface area contributed by atoms with Crippen molar-refractivity contribution in [2.75, 3.05) is 0 Å². The quantitative estimate of drug-likeness (QED) is 0.429. The Morgan fingerprint density at radius 1 is 1.33 bits per heavy atom. The Balaban J connectivity index is 2.38. The molecular formula is C13H22O2. The van der Waals surface area contributed by atoms with Crippen molar-refractivity contribution < 1.29 is 9.84 Å². The van der Waals surface area contributed by atoms with Gasteiger partial charge in [0.1, 0.15) is 6.10 Å². The van der Waals surface area contributed by atoms with Crippen LogP contribution >= 0.6 is 0 Å². The van der Waals surface area contributed by atoms with Crippen molar-refractivity contribution in [2.45, 2.75) is 70.7 Å². The maximum absolute atomic E-state index is 10.2. The Labute approximate surface area is 93.0 Å². The lowest BCUT2D eigenvalue weighted by atomic mass is 9.95. The Morgan fingerprint density at radius 3 is 2.47 bits per heavy atom. The molecule has 0 aromatic carbocycles. The number of epoxide rings is 1. The summed E-state index contributed by atoms with van der Waals surface area (Å²) in [5.74, 6) is 6.05. The summed E-state index contributed by atoms with van der Waals surface area (Å²) in [6.07, 6.45) is 5.18. The molecule has 0 bridgehead atoms. The number of hydrogen-bond acceptors (Lipinski definition) is 2. The highest BCUT2D eigenvalue weighted by molar-refractivity contribution is 5.20. The second-order valence-corrected chi connectivity index (χ2v) is 4.30. The summed E-state index contributed by atoms with van der Waals surface area (Å²) in [7, 11) is 0. The fourth-order valence-electron chi connectivity index (χ4n) is 1.73. The lowest BCUT2D eigenvalue weighted by Crippen LogP contribution is -2.33. The van der Waals surface area contributed by atoms with Crippen LogP contribution in [0.2, 0.25) is 0 Å². The minimum atomic E-state index is -0.911. The molecule has 0 aromatic rings. The highest BCUT2D eigenvalue weighted by Crippen LogP contribution is 2.33. The first-order chi connectivity index (χ1) is 7.14. The van der Waals surface area contributed by atoms with Crippen LogP contribution in [0.4, 0.5) is 0 Å². The summed E-state index contributed by atoms with van der Waals surface area (Å²) < 4.78 is 5.30. The molecule has 0 saturated carbocycles. The van der Waals surface area contributed by atoms with Crippen molar-refractivity contribution >= 4 is 0 Å². The largest absolute Gasteiger partial charge is 0.375 e. The van der Waals surface area contributed by atoms with Crippen molar-refractivity contribution in [1.29, 1.82) is 0 Å². The molecule has 0 radical (unpaired) electrons. The van der Waals surface area contributed by atoms with E-state index in [-0.39, 0.29) is 12.2 Å². The third-order valence-corrected chi connectivity index (χ3v) is 2.93. The third kappa shape index (κ3) is 3.52. The summed E-state index contributed by atoms with van der Waals surface area (Å²) in [5, 5.41) is 10.2. The van der Waals surface area contributed by atoms with E-state index in [0.717, 1.165) is 12.8 Å². The molecule has 1 aliphatic heterocycles. The molecule has 1 aliphatic rings. The molecule has 2 nitrogen and oxygen atoms in total. The van der Waals surface area contributed by atoms with Gasteiger partial charge in [-0.1, -0.05) is 32.6 Å². The Hall–Kier alpha value is -0.520. The third-order valence-electron chi connectivity index (χ3n) is 2.93. The first-order valence-corrected chi connectivity index (χ1v) is 6.02. The monoisotopic (exact) mass is 210 g/mol. The van der Waals surface area contributed by atoms with E-state index in [0.29, 0.717) is 6.42 Å². The molecule has 86 valence electrons. The van der Waals surface area contributed by atoms with Gasteiger partial charge >= 0.3 is 0 Å². The van der Waals surface area contributed by atoms with Crippen LogP contribution in [0.5, 0.6) is 0 Å². The predicted octanol–water partition coefficient (Wildman–Crippen LogP) is 2.50. The van der Waals surface area contributed by atoms with Crippen molar-refractivity contribution in [3.05, 3.63) is 0 Å². The molecule has 0 amide bonds. The van der Waals surface area contributed by atoms with Gasteiger partial charge in [0.05, 0.1) is 6.10 Å². The molecule has 1 heterocycles. The van der Waals surface area contributed by atoms with Gasteiger partial charge in [0.2, 0.25) is 0 Å². The summed E-state index contributed by atoms with van der Waals surface area (Å²) in [6, 6.07) is 0. The van der Waals surface area contributed by atoms with E-state index >= 15 is 0 Å². The van der Waals surface area contributed by atoms with Gasteiger partial charge in [-0.25, -0.2) is 0 Å². The fourth-order valence-corrected chi connectivity index (χ4v) is 1.73. The molecule has 2 heteroatoms. The van der Waals surface area contributed by atoms with Crippen LogP contribution in [0.15, 0.2) is 0 Å². The number of unbranched alkanes of at least 4 members (excludes halogenated alkanes) is 3. The van der Waals surface area contributed by atoms with Gasteiger partial charge in [-0.2, -0.15) is 0 Å². The van der Waals surface area contributed by atoms with Gasteiger partial charge in [-0.3, -0.25) is 0 Å². The number of rotatable bonds is 5. The fraction of sp³-hybridized carbons (Fsp3) is 0.846. The number of ether oxygens (including phenoxy) is 1. The summed E-state index contributed by atoms with van der Waals surface area (Å²) >= 11 is 0. The van der Waals surface area contributed by atoms with Crippen LogP contribution < -0.4 is 0 Å². The molecule has 0 aromatic heterocycles. The highest BCUT2D eigenvalue weighted by Gasteiger charge is 2.49. The lowest BCUT2D eigenvalue weighted by molar-refractivity contribution is 0.0640. The van der Waals surface area contributed by atoms with E-state index < -0.39 is 5.60 Å². The van der Waals surface area contributed by atoms with Gasteiger partial charge < -0.3 is 9.84 Å². The molecule has 1 saturated heterocycles. The summed E-state index contributed by atoms with van der Waals surface area (Å²) in [5.41, 5.74) is -0.911. The van der Waals surface area contributed by atoms with Crippen molar-refractivity contribution in [2.24, 2.45) is 0 Å². The Kier molecular flexibility index (Phi) is 4.63. The molecule has 0 aliphatic carbocycles. The molecule has 0 spiro atoms. The number of hydrogen-bond donors (Lipinski definition) is 1. The van der Waals surface area contributed by atoms with E-state index in [1.54, 1.807) is 0 Å². The maximum Gasteiger partial charge on any atom is 0.153 e. The zero-order chi connectivity index (χ0) is 11.3. The van der Waals surface area contributed by atoms with E-state index in [9.17, 15) is 5.11 Å². The minimum absolute atomic E-state index is 0.0684. The molecular weight excluding hydrogens is 188 g/mol. The van der Waals surface area contributed by atoms with Crippen LogP contribution in [0.25, 0.3) is 0 Å². The summed E-state index contributed by atoms with van der Waals surface area (Å²) in [4.78, 5) is 0. The molecule has 15 heavy (non-hydrogen) atoms. The van der Waals surface area contributed by atoms with Crippen LogP contribution in [-0.2, 0) is 4.74 Å². The van der Waals surface area contributed by atoms with Crippen LogP contribution in [-0.4, -0.2) is 22.9 Å². The van der Waals surface area contributed by atoms with Gasteiger partial charge in [0.15, 0.2) is 5.60 Å². The van der Waals surface area contributed by atoms with Crippen molar-refractivity contribution in [3.63, 3.8) is 0 Å². The van der Waals surface area contributed by atoms with Crippen molar-refractivity contribution in [1.82, 2.24) is 0 Å². The molecule has 3 atom stereocenters. The van der Waals surface area contributed by atoms with Gasteiger partial charge in [0.25, 0.3) is 0 Å². The minimum Gasteiger partial charge on any atom is -0.375 e. The SMILES string of the molecule is CCCCCC#CC(O)(CC)C1OC1C. The number of aliphatic hydroxyl groups is 1. The molecule has 3 unspecified atom stereocenters. The summed E-state index contributed by atoms with van der Waals surface area (Å²) in [6.45, 7) is 6.11. The average Bonchev–Trinajstić information content (AvgIpc) is 2.96. The standard InChI is InChI=1S/C13H22O2/c1-4-6-7-8-9-10-13(14,5-2)12-11(3)15-12/h11-12,14H,4-8H2,1-3H3. The zero-order valence-corrected chi connectivity index (χ0v) is 10.0. The van der Waals surface area contributed by atoms with Crippen LogP contribution in [0.3, 0.4) is 0 Å². The second-order valence-electron chi connectivity index (χ2n) is 4.30. The van der Waals surface area contributed by atoms with Crippen molar-refractivity contribution in [3.8, 4) is 11.8 Å². The van der Waals surface area contributed by atoms with E-state index in [1.165, 1.54) is 12.8 Å². The average molecular weight is 210 g/mol. The van der Waals surface area contributed by atoms with E-state index in [2.05, 4.69) is 18.8 Å². The smallest absolute Gasteiger partial charge is 0.153 e. The van der Waals surface area contributed by atoms with E-state index in [4.69, 9.17) is 4.74 Å². The topological polar surface area (TPSA) is 32.8 Å². The van der Waals surface area contributed by atoms with Gasteiger partial charge in [0, 0.05) is 6.42 Å². The van der Waals surface area contributed by atoms with Gasteiger partial charge in [-0.15, -0.1) is 5.92 Å². The zero-order valence-electron chi connectivity index (χ0n) is 10.0. The Bertz CT molecular complexity index is 251. The van der Waals surface area contributed by atoms with Crippen LogP contribution in [0, 0.1) is 11.8 Å². The lowest BCUT2D eigenvalue weighted by Gasteiger charge is -2.17. The van der Waals surface area contributed by atoms with Crippen LogP contribution in [0.1, 0.15) is 52.9 Å². The first kappa shape index (κ1) is 12.5.